The smallest absolute Gasteiger partial charge is 0.0481 e. The molecule has 0 aliphatic heterocycles. The first-order valence-electron chi connectivity index (χ1n) is 5.55. The van der Waals surface area contributed by atoms with Crippen molar-refractivity contribution >= 4 is 15.9 Å². The molecule has 0 fully saturated rings. The van der Waals surface area contributed by atoms with Crippen LogP contribution in [0.1, 0.15) is 23.1 Å². The first-order valence-corrected chi connectivity index (χ1v) is 6.35. The number of benzene rings is 1. The van der Waals surface area contributed by atoms with E-state index in [2.05, 4.69) is 41.9 Å². The van der Waals surface area contributed by atoms with E-state index in [1.807, 2.05) is 0 Å². The fourth-order valence-corrected chi connectivity index (χ4v) is 2.29. The first kappa shape index (κ1) is 13.7. The van der Waals surface area contributed by atoms with E-state index in [0.717, 1.165) is 17.3 Å². The second-order valence-electron chi connectivity index (χ2n) is 4.30. The lowest BCUT2D eigenvalue weighted by molar-refractivity contribution is 0.144. The third-order valence-corrected chi connectivity index (χ3v) is 3.74. The lowest BCUT2D eigenvalue weighted by Gasteiger charge is -2.12. The van der Waals surface area contributed by atoms with E-state index >= 15 is 0 Å². The molecule has 0 saturated carbocycles. The lowest BCUT2D eigenvalue weighted by Crippen LogP contribution is -2.12. The van der Waals surface area contributed by atoms with Gasteiger partial charge in [-0.3, -0.25) is 0 Å². The van der Waals surface area contributed by atoms with Gasteiger partial charge in [0, 0.05) is 23.6 Å². The third-order valence-electron chi connectivity index (χ3n) is 3.00. The van der Waals surface area contributed by atoms with Crippen LogP contribution in [0.15, 0.2) is 16.6 Å². The normalized spacial score (nSPS) is 11.1. The van der Waals surface area contributed by atoms with E-state index in [1.54, 1.807) is 0 Å². The molecule has 1 rings (SSSR count). The maximum absolute atomic E-state index is 9.00. The molecular formula is C13H19BrO2. The summed E-state index contributed by atoms with van der Waals surface area (Å²) in [5.41, 5.74) is 3.80. The molecule has 0 aromatic heterocycles. The minimum atomic E-state index is -0.00601. The van der Waals surface area contributed by atoms with Crippen molar-refractivity contribution in [2.75, 3.05) is 13.2 Å². The summed E-state index contributed by atoms with van der Waals surface area (Å²) in [5, 5.41) is 18.0. The SMILES string of the molecule is Cc1cc(Br)c(CCC(CO)CO)cc1C. The van der Waals surface area contributed by atoms with Crippen LogP contribution in [0.2, 0.25) is 0 Å². The van der Waals surface area contributed by atoms with Crippen LogP contribution < -0.4 is 0 Å². The van der Waals surface area contributed by atoms with Gasteiger partial charge >= 0.3 is 0 Å². The zero-order valence-corrected chi connectivity index (χ0v) is 11.4. The summed E-state index contributed by atoms with van der Waals surface area (Å²) in [7, 11) is 0. The fraction of sp³-hybridized carbons (Fsp3) is 0.538. The van der Waals surface area contributed by atoms with Gasteiger partial charge in [0.05, 0.1) is 0 Å². The highest BCUT2D eigenvalue weighted by molar-refractivity contribution is 9.10. The molecule has 0 amide bonds. The van der Waals surface area contributed by atoms with Gasteiger partial charge in [0.1, 0.15) is 0 Å². The molecule has 0 aliphatic rings. The van der Waals surface area contributed by atoms with Gasteiger partial charge in [-0.15, -0.1) is 0 Å². The Bertz CT molecular complexity index is 346. The molecule has 1 aromatic carbocycles. The molecule has 1 aromatic rings. The average Bonchev–Trinajstić information content (AvgIpc) is 2.26. The topological polar surface area (TPSA) is 40.5 Å². The minimum Gasteiger partial charge on any atom is -0.396 e. The predicted molar refractivity (Wildman–Crippen MR) is 69.6 cm³/mol. The highest BCUT2D eigenvalue weighted by Gasteiger charge is 2.08. The second-order valence-corrected chi connectivity index (χ2v) is 5.15. The summed E-state index contributed by atoms with van der Waals surface area (Å²) in [4.78, 5) is 0. The first-order chi connectivity index (χ1) is 7.58. The quantitative estimate of drug-likeness (QED) is 0.874. The van der Waals surface area contributed by atoms with E-state index in [-0.39, 0.29) is 19.1 Å². The molecule has 3 heteroatoms. The third kappa shape index (κ3) is 3.58. The highest BCUT2D eigenvalue weighted by Crippen LogP contribution is 2.23. The van der Waals surface area contributed by atoms with Crippen LogP contribution >= 0.6 is 15.9 Å². The van der Waals surface area contributed by atoms with Gasteiger partial charge in [0.25, 0.3) is 0 Å². The zero-order valence-electron chi connectivity index (χ0n) is 9.83. The van der Waals surface area contributed by atoms with Crippen molar-refractivity contribution in [2.45, 2.75) is 26.7 Å². The zero-order chi connectivity index (χ0) is 12.1. The van der Waals surface area contributed by atoms with Gasteiger partial charge in [0.2, 0.25) is 0 Å². The van der Waals surface area contributed by atoms with Crippen LogP contribution in [0, 0.1) is 19.8 Å². The van der Waals surface area contributed by atoms with Gasteiger partial charge < -0.3 is 10.2 Å². The number of aliphatic hydroxyl groups is 2. The number of rotatable bonds is 5. The summed E-state index contributed by atoms with van der Waals surface area (Å²) >= 11 is 3.55. The maximum atomic E-state index is 9.00. The Balaban J connectivity index is 2.70. The van der Waals surface area contributed by atoms with Crippen LogP contribution in [0.4, 0.5) is 0 Å². The summed E-state index contributed by atoms with van der Waals surface area (Å²) in [6.07, 6.45) is 1.70. The van der Waals surface area contributed by atoms with Crippen LogP contribution in [-0.2, 0) is 6.42 Å². The van der Waals surface area contributed by atoms with Crippen molar-refractivity contribution in [1.29, 1.82) is 0 Å². The van der Waals surface area contributed by atoms with Crippen LogP contribution in [0.25, 0.3) is 0 Å². The second kappa shape index (κ2) is 6.38. The van der Waals surface area contributed by atoms with Crippen molar-refractivity contribution < 1.29 is 10.2 Å². The standard InChI is InChI=1S/C13H19BrO2/c1-9-5-12(13(14)6-10(9)2)4-3-11(7-15)8-16/h5-6,11,15-16H,3-4,7-8H2,1-2H3. The number of aryl methyl sites for hydroxylation is 3. The molecular weight excluding hydrogens is 268 g/mol. The maximum Gasteiger partial charge on any atom is 0.0481 e. The van der Waals surface area contributed by atoms with E-state index in [1.165, 1.54) is 16.7 Å². The Morgan fingerprint density at radius 2 is 1.69 bits per heavy atom. The van der Waals surface area contributed by atoms with Gasteiger partial charge in [-0.25, -0.2) is 0 Å². The summed E-state index contributed by atoms with van der Waals surface area (Å²) in [5.74, 6) is -0.00601. The average molecular weight is 287 g/mol. The fourth-order valence-electron chi connectivity index (χ4n) is 1.63. The molecule has 2 N–H and O–H groups in total. The van der Waals surface area contributed by atoms with Crippen LogP contribution in [0.5, 0.6) is 0 Å². The molecule has 2 nitrogen and oxygen atoms in total. The molecule has 0 atom stereocenters. The van der Waals surface area contributed by atoms with Gasteiger partial charge in [0.15, 0.2) is 0 Å². The molecule has 0 bridgehead atoms. The number of halogens is 1. The number of hydrogen-bond acceptors (Lipinski definition) is 2. The minimum absolute atomic E-state index is 0.00601. The van der Waals surface area contributed by atoms with E-state index in [0.29, 0.717) is 0 Å². The van der Waals surface area contributed by atoms with Gasteiger partial charge in [-0.05, 0) is 49.4 Å². The molecule has 0 spiro atoms. The van der Waals surface area contributed by atoms with Crippen molar-refractivity contribution in [3.8, 4) is 0 Å². The molecule has 0 heterocycles. The summed E-state index contributed by atoms with van der Waals surface area (Å²) < 4.78 is 1.12. The molecule has 0 aliphatic carbocycles. The molecule has 0 radical (unpaired) electrons. The Labute approximate surface area is 105 Å². The van der Waals surface area contributed by atoms with E-state index in [9.17, 15) is 0 Å². The molecule has 0 saturated heterocycles. The van der Waals surface area contributed by atoms with Gasteiger partial charge in [-0.2, -0.15) is 0 Å². The highest BCUT2D eigenvalue weighted by atomic mass is 79.9. The lowest BCUT2D eigenvalue weighted by atomic mass is 9.98. The van der Waals surface area contributed by atoms with Crippen LogP contribution in [-0.4, -0.2) is 23.4 Å². The number of hydrogen-bond donors (Lipinski definition) is 2. The van der Waals surface area contributed by atoms with E-state index < -0.39 is 0 Å². The molecule has 0 unspecified atom stereocenters. The number of aliphatic hydroxyl groups excluding tert-OH is 2. The molecule has 16 heavy (non-hydrogen) atoms. The Hall–Kier alpha value is -0.380. The van der Waals surface area contributed by atoms with Crippen molar-refractivity contribution in [3.63, 3.8) is 0 Å². The molecule has 90 valence electrons. The van der Waals surface area contributed by atoms with Crippen molar-refractivity contribution in [3.05, 3.63) is 33.3 Å². The van der Waals surface area contributed by atoms with Crippen LogP contribution in [0.3, 0.4) is 0 Å². The Kier molecular flexibility index (Phi) is 5.46. The predicted octanol–water partition coefficient (Wildman–Crippen LogP) is 2.60. The summed E-state index contributed by atoms with van der Waals surface area (Å²) in [6.45, 7) is 4.30. The van der Waals surface area contributed by atoms with Gasteiger partial charge in [-0.1, -0.05) is 22.0 Å². The summed E-state index contributed by atoms with van der Waals surface area (Å²) in [6, 6.07) is 4.29. The largest absolute Gasteiger partial charge is 0.396 e. The van der Waals surface area contributed by atoms with E-state index in [4.69, 9.17) is 10.2 Å². The van der Waals surface area contributed by atoms with Crippen molar-refractivity contribution in [2.24, 2.45) is 5.92 Å². The van der Waals surface area contributed by atoms with Crippen molar-refractivity contribution in [1.82, 2.24) is 0 Å². The Morgan fingerprint density at radius 1 is 1.12 bits per heavy atom. The Morgan fingerprint density at radius 3 is 2.25 bits per heavy atom. The monoisotopic (exact) mass is 286 g/mol.